The van der Waals surface area contributed by atoms with E-state index < -0.39 is 74.2 Å². The molecule has 188 valence electrons. The van der Waals surface area contributed by atoms with Crippen molar-refractivity contribution in [2.75, 3.05) is 0 Å². The fourth-order valence-electron chi connectivity index (χ4n) is 7.84. The normalized spacial score (nSPS) is 48.0. The van der Waals surface area contributed by atoms with Gasteiger partial charge in [-0.25, -0.2) is 13.6 Å². The number of hydrogen-bond acceptors (Lipinski definition) is 4. The maximum Gasteiger partial charge on any atom is 0.349 e. The second-order valence-electron chi connectivity index (χ2n) is 10.9. The lowest BCUT2D eigenvalue weighted by Crippen LogP contribution is -2.69. The van der Waals surface area contributed by atoms with Gasteiger partial charge < -0.3 is 9.84 Å². The minimum atomic E-state index is -1.85. The van der Waals surface area contributed by atoms with Gasteiger partial charge in [0.15, 0.2) is 5.83 Å². The van der Waals surface area contributed by atoms with Gasteiger partial charge in [-0.2, -0.15) is 0 Å². The number of halogens is 4. The van der Waals surface area contributed by atoms with Crippen LogP contribution in [0.25, 0.3) is 0 Å². The van der Waals surface area contributed by atoms with Crippen molar-refractivity contribution in [3.8, 4) is 0 Å². The molecule has 3 saturated carbocycles. The summed E-state index contributed by atoms with van der Waals surface area (Å²) in [4.78, 5) is 36.1. The number of carboxylic acids is 1. The largest absolute Gasteiger partial charge is 0.478 e. The predicted molar refractivity (Wildman–Crippen MR) is 123 cm³/mol. The summed E-state index contributed by atoms with van der Waals surface area (Å²) in [5.74, 6) is -5.56. The number of carbonyl (C=O) groups excluding carboxylic acids is 2. The van der Waals surface area contributed by atoms with Gasteiger partial charge in [0, 0.05) is 28.7 Å². The van der Waals surface area contributed by atoms with Gasteiger partial charge in [-0.05, 0) is 43.6 Å². The third-order valence-corrected chi connectivity index (χ3v) is 10.9. The van der Waals surface area contributed by atoms with Gasteiger partial charge in [-0.15, -0.1) is 23.2 Å². The lowest BCUT2D eigenvalue weighted by molar-refractivity contribution is -0.206. The molecule has 0 aromatic rings. The molecule has 0 heterocycles. The van der Waals surface area contributed by atoms with Crippen LogP contribution in [0.4, 0.5) is 8.78 Å². The van der Waals surface area contributed by atoms with Crippen LogP contribution in [0, 0.1) is 28.6 Å². The van der Waals surface area contributed by atoms with E-state index in [0.29, 0.717) is 6.42 Å². The molecule has 4 rings (SSSR count). The minimum absolute atomic E-state index is 0.00578. The number of fused-ring (bicyclic) bond motifs is 5. The zero-order valence-corrected chi connectivity index (χ0v) is 21.4. The van der Waals surface area contributed by atoms with Gasteiger partial charge in [-0.3, -0.25) is 9.59 Å². The van der Waals surface area contributed by atoms with E-state index in [1.165, 1.54) is 13.0 Å². The maximum atomic E-state index is 15.7. The molecule has 0 amide bonds. The first-order valence-electron chi connectivity index (χ1n) is 11.7. The summed E-state index contributed by atoms with van der Waals surface area (Å²) in [6.45, 7) is 8.11. The van der Waals surface area contributed by atoms with Crippen LogP contribution in [0.3, 0.4) is 0 Å². The summed E-state index contributed by atoms with van der Waals surface area (Å²) in [6.07, 6.45) is -0.0579. The molecule has 1 N–H and O–H groups in total. The fraction of sp³-hybridized carbons (Fsp3) is 0.720. The molecular weight excluding hydrogens is 489 g/mol. The van der Waals surface area contributed by atoms with E-state index in [4.69, 9.17) is 27.9 Å². The lowest BCUT2D eigenvalue weighted by atomic mass is 9.46. The van der Waals surface area contributed by atoms with Crippen molar-refractivity contribution in [1.29, 1.82) is 0 Å². The second kappa shape index (κ2) is 7.76. The third kappa shape index (κ3) is 2.80. The number of allylic oxidation sites excluding steroid dienone is 4. The molecule has 3 fully saturated rings. The first kappa shape index (κ1) is 25.6. The molecule has 0 unspecified atom stereocenters. The highest BCUT2D eigenvalue weighted by molar-refractivity contribution is 6.34. The van der Waals surface area contributed by atoms with Crippen molar-refractivity contribution in [2.45, 2.75) is 82.3 Å². The molecule has 0 aromatic carbocycles. The van der Waals surface area contributed by atoms with Crippen molar-refractivity contribution in [2.24, 2.45) is 28.6 Å². The number of ketones is 1. The van der Waals surface area contributed by atoms with Gasteiger partial charge in [0.05, 0.1) is 10.3 Å². The molecule has 0 bridgehead atoms. The number of aliphatic carboxylic acids is 1. The minimum Gasteiger partial charge on any atom is -0.478 e. The Morgan fingerprint density at radius 3 is 2.44 bits per heavy atom. The Kier molecular flexibility index (Phi) is 5.85. The monoisotopic (exact) mass is 518 g/mol. The van der Waals surface area contributed by atoms with E-state index in [9.17, 15) is 19.5 Å². The molecule has 4 aliphatic rings. The SMILES string of the molecule is CCC(=O)O[C@]1(C(=O)O)[C@H](C)C[C@H]2[C@@H]3C[C@H](F)C4=C(F)C(=O)C(C)=C[C@]4(C)[C@@]3(Cl)[C@@H](Cl)C[C@@]21C. The average molecular weight is 519 g/mol. The molecule has 34 heavy (non-hydrogen) atoms. The van der Waals surface area contributed by atoms with Gasteiger partial charge in [-0.1, -0.05) is 33.8 Å². The summed E-state index contributed by atoms with van der Waals surface area (Å²) in [5, 5.41) is 9.47. The average Bonchev–Trinajstić information content (AvgIpc) is 2.96. The molecule has 0 aliphatic heterocycles. The van der Waals surface area contributed by atoms with Gasteiger partial charge >= 0.3 is 11.9 Å². The van der Waals surface area contributed by atoms with Gasteiger partial charge in [0.2, 0.25) is 11.4 Å². The van der Waals surface area contributed by atoms with E-state index in [1.54, 1.807) is 27.7 Å². The van der Waals surface area contributed by atoms with Crippen molar-refractivity contribution < 1.29 is 33.0 Å². The predicted octanol–water partition coefficient (Wildman–Crippen LogP) is 5.53. The van der Waals surface area contributed by atoms with Crippen LogP contribution in [-0.2, 0) is 19.1 Å². The van der Waals surface area contributed by atoms with Crippen molar-refractivity contribution >= 4 is 40.9 Å². The first-order valence-corrected chi connectivity index (χ1v) is 12.5. The van der Waals surface area contributed by atoms with Gasteiger partial charge in [0.1, 0.15) is 6.17 Å². The Morgan fingerprint density at radius 1 is 1.26 bits per heavy atom. The molecule has 0 aromatic heterocycles. The fourth-order valence-corrected chi connectivity index (χ4v) is 9.02. The zero-order valence-electron chi connectivity index (χ0n) is 19.9. The van der Waals surface area contributed by atoms with Crippen molar-refractivity contribution in [1.82, 2.24) is 0 Å². The molecule has 5 nitrogen and oxygen atoms in total. The number of carboxylic acid groups (broad SMARTS) is 1. The number of ether oxygens (including phenoxy) is 1. The van der Waals surface area contributed by atoms with Crippen LogP contribution in [0.2, 0.25) is 0 Å². The van der Waals surface area contributed by atoms with Crippen molar-refractivity contribution in [3.63, 3.8) is 0 Å². The number of hydrogen-bond donors (Lipinski definition) is 1. The zero-order chi connectivity index (χ0) is 25.6. The third-order valence-electron chi connectivity index (χ3n) is 9.36. The summed E-state index contributed by atoms with van der Waals surface area (Å²) >= 11 is 14.3. The molecule has 9 atom stereocenters. The highest BCUT2D eigenvalue weighted by Gasteiger charge is 2.78. The highest BCUT2D eigenvalue weighted by Crippen LogP contribution is 2.73. The van der Waals surface area contributed by atoms with E-state index in [2.05, 4.69) is 0 Å². The van der Waals surface area contributed by atoms with Crippen LogP contribution in [0.1, 0.15) is 60.3 Å². The van der Waals surface area contributed by atoms with E-state index in [1.807, 2.05) is 0 Å². The molecule has 9 heteroatoms. The van der Waals surface area contributed by atoms with E-state index >= 15 is 8.78 Å². The molecule has 0 spiro atoms. The Balaban J connectivity index is 1.91. The molecule has 4 aliphatic carbocycles. The number of alkyl halides is 3. The summed E-state index contributed by atoms with van der Waals surface area (Å²) in [7, 11) is 0. The van der Waals surface area contributed by atoms with Crippen LogP contribution in [-0.4, -0.2) is 44.9 Å². The van der Waals surface area contributed by atoms with Gasteiger partial charge in [0.25, 0.3) is 0 Å². The summed E-state index contributed by atoms with van der Waals surface area (Å²) in [5.41, 5.74) is -4.51. The maximum absolute atomic E-state index is 15.7. The smallest absolute Gasteiger partial charge is 0.349 e. The number of rotatable bonds is 3. The Bertz CT molecular complexity index is 1040. The Hall–Kier alpha value is -1.47. The molecule has 0 radical (unpaired) electrons. The Morgan fingerprint density at radius 2 is 1.88 bits per heavy atom. The quantitative estimate of drug-likeness (QED) is 0.392. The van der Waals surface area contributed by atoms with E-state index in [-0.39, 0.29) is 30.4 Å². The van der Waals surface area contributed by atoms with Crippen LogP contribution in [0.15, 0.2) is 23.0 Å². The highest BCUT2D eigenvalue weighted by atomic mass is 35.5. The second-order valence-corrected chi connectivity index (χ2v) is 12.0. The number of Topliss-reactive ketones (excluding diaryl/α,β-unsaturated/α-hetero) is 1. The standard InChI is InChI=1S/C25H30Cl2F2O5/c1-6-17(30)34-25(21(32)33)12(3)7-13-14-8-15(28)18-19(29)20(31)11(2)9-23(18,5)24(14,27)16(26)10-22(13,25)4/h9,12-16H,6-8,10H2,1-5H3,(H,32,33)/t12-,13+,14+,15+,16+,22+,23+,24+,25+/m1/s1. The topological polar surface area (TPSA) is 80.7 Å². The molecular formula is C25H30Cl2F2O5. The number of carbonyl (C=O) groups is 3. The van der Waals surface area contributed by atoms with E-state index in [0.717, 1.165) is 0 Å². The first-order chi connectivity index (χ1) is 15.6. The number of esters is 1. The summed E-state index contributed by atoms with van der Waals surface area (Å²) in [6, 6.07) is 0. The van der Waals surface area contributed by atoms with Crippen LogP contribution in [0.5, 0.6) is 0 Å². The van der Waals surface area contributed by atoms with Crippen LogP contribution >= 0.6 is 23.2 Å². The molecule has 0 saturated heterocycles. The lowest BCUT2D eigenvalue weighted by Gasteiger charge is -2.64. The van der Waals surface area contributed by atoms with Crippen molar-refractivity contribution in [3.05, 3.63) is 23.0 Å². The Labute approximate surface area is 207 Å². The summed E-state index contributed by atoms with van der Waals surface area (Å²) < 4.78 is 36.5. The van der Waals surface area contributed by atoms with Crippen LogP contribution < -0.4 is 0 Å².